The zero-order valence-corrected chi connectivity index (χ0v) is 19.1. The van der Waals surface area contributed by atoms with Gasteiger partial charge in [0, 0.05) is 28.5 Å². The Morgan fingerprint density at radius 2 is 1.91 bits per heavy atom. The molecule has 0 saturated heterocycles. The molecule has 0 unspecified atom stereocenters. The molecular formula is C27H27N5O. The third-order valence-corrected chi connectivity index (χ3v) is 5.97. The van der Waals surface area contributed by atoms with E-state index >= 15 is 0 Å². The van der Waals surface area contributed by atoms with Crippen LogP contribution in [0.15, 0.2) is 70.5 Å². The number of benzene rings is 3. The molecule has 6 heteroatoms. The Kier molecular flexibility index (Phi) is 5.44. The summed E-state index contributed by atoms with van der Waals surface area (Å²) in [4.78, 5) is 12.0. The van der Waals surface area contributed by atoms with Crippen molar-refractivity contribution in [3.05, 3.63) is 72.5 Å². The van der Waals surface area contributed by atoms with E-state index < -0.39 is 0 Å². The third-order valence-electron chi connectivity index (χ3n) is 5.97. The summed E-state index contributed by atoms with van der Waals surface area (Å²) in [5.41, 5.74) is 4.94. The molecule has 0 amide bonds. The Balaban J connectivity index is 1.70. The van der Waals surface area contributed by atoms with E-state index in [9.17, 15) is 0 Å². The average Bonchev–Trinajstić information content (AvgIpc) is 3.52. The van der Waals surface area contributed by atoms with Crippen LogP contribution in [-0.4, -0.2) is 30.4 Å². The zero-order valence-electron chi connectivity index (χ0n) is 19.1. The Labute approximate surface area is 192 Å². The van der Waals surface area contributed by atoms with Crippen molar-refractivity contribution in [2.45, 2.75) is 19.8 Å². The largest absolute Gasteiger partial charge is 0.464 e. The average molecular weight is 438 g/mol. The maximum atomic E-state index is 5.99. The van der Waals surface area contributed by atoms with Gasteiger partial charge in [0.25, 0.3) is 0 Å². The van der Waals surface area contributed by atoms with Crippen LogP contribution in [0.3, 0.4) is 0 Å². The topological polar surface area (TPSA) is 78.2 Å². The van der Waals surface area contributed by atoms with Gasteiger partial charge in [-0.2, -0.15) is 0 Å². The highest BCUT2D eigenvalue weighted by atomic mass is 16.3. The second kappa shape index (κ2) is 8.56. The monoisotopic (exact) mass is 437 g/mol. The van der Waals surface area contributed by atoms with Crippen LogP contribution >= 0.6 is 0 Å². The van der Waals surface area contributed by atoms with Crippen LogP contribution in [0.4, 0.5) is 0 Å². The van der Waals surface area contributed by atoms with Crippen LogP contribution in [0.25, 0.3) is 49.5 Å². The van der Waals surface area contributed by atoms with E-state index in [1.807, 2.05) is 19.3 Å². The molecule has 0 saturated carbocycles. The molecule has 3 N–H and O–H groups in total. The van der Waals surface area contributed by atoms with Crippen LogP contribution in [-0.2, 0) is 0 Å². The highest BCUT2D eigenvalue weighted by Gasteiger charge is 2.14. The van der Waals surface area contributed by atoms with Gasteiger partial charge in [-0.05, 0) is 53.7 Å². The molecule has 2 heterocycles. The summed E-state index contributed by atoms with van der Waals surface area (Å²) >= 11 is 0. The maximum Gasteiger partial charge on any atom is 0.142 e. The molecule has 0 aliphatic rings. The Hall–Kier alpha value is -3.90. The van der Waals surface area contributed by atoms with Crippen LogP contribution in [0.1, 0.15) is 31.2 Å². The minimum atomic E-state index is 0.357. The molecule has 6 nitrogen and oxygen atoms in total. The molecule has 0 fully saturated rings. The number of fused-ring (bicyclic) bond motifs is 6. The fourth-order valence-electron chi connectivity index (χ4n) is 4.31. The van der Waals surface area contributed by atoms with E-state index in [1.165, 1.54) is 5.39 Å². The number of rotatable bonds is 7. The predicted octanol–water partition coefficient (Wildman–Crippen LogP) is 6.02. The van der Waals surface area contributed by atoms with Gasteiger partial charge in [-0.1, -0.05) is 38.1 Å². The molecule has 33 heavy (non-hydrogen) atoms. The highest BCUT2D eigenvalue weighted by Crippen LogP contribution is 2.38. The van der Waals surface area contributed by atoms with Gasteiger partial charge in [0.05, 0.1) is 30.5 Å². The number of hydrogen-bond donors (Lipinski definition) is 3. The quantitative estimate of drug-likeness (QED) is 0.165. The molecule has 0 spiro atoms. The smallest absolute Gasteiger partial charge is 0.142 e. The van der Waals surface area contributed by atoms with E-state index in [4.69, 9.17) is 4.42 Å². The van der Waals surface area contributed by atoms with Crippen molar-refractivity contribution in [2.75, 3.05) is 13.7 Å². The Morgan fingerprint density at radius 1 is 1.09 bits per heavy atom. The second-order valence-corrected chi connectivity index (χ2v) is 8.45. The van der Waals surface area contributed by atoms with Crippen LogP contribution < -0.4 is 10.6 Å². The number of aromatic amines is 1. The number of imidazole rings is 1. The van der Waals surface area contributed by atoms with E-state index in [0.29, 0.717) is 12.6 Å². The second-order valence-electron chi connectivity index (χ2n) is 8.45. The number of nitrogens with one attached hydrogen (secondary N) is 3. The van der Waals surface area contributed by atoms with Crippen molar-refractivity contribution in [3.8, 4) is 11.3 Å². The number of aliphatic imine (C=N–C) groups is 1. The van der Waals surface area contributed by atoms with Crippen molar-refractivity contribution in [3.63, 3.8) is 0 Å². The lowest BCUT2D eigenvalue weighted by Crippen LogP contribution is -2.24. The molecule has 2 aromatic heterocycles. The lowest BCUT2D eigenvalue weighted by molar-refractivity contribution is 0.619. The van der Waals surface area contributed by atoms with Crippen molar-refractivity contribution >= 4 is 44.9 Å². The van der Waals surface area contributed by atoms with Crippen molar-refractivity contribution in [1.29, 1.82) is 0 Å². The van der Waals surface area contributed by atoms with E-state index in [1.54, 1.807) is 12.5 Å². The summed E-state index contributed by atoms with van der Waals surface area (Å²) in [6.45, 7) is 8.51. The van der Waals surface area contributed by atoms with E-state index in [2.05, 4.69) is 82.6 Å². The summed E-state index contributed by atoms with van der Waals surface area (Å²) in [7, 11) is 1.89. The Bertz CT molecular complexity index is 1510. The van der Waals surface area contributed by atoms with Gasteiger partial charge in [0.2, 0.25) is 0 Å². The first kappa shape index (κ1) is 21.0. The molecule has 0 atom stereocenters. The SMILES string of the molecule is C=N/C=C(\NCNC)c1ccc2c3ccc(-c4cnc(C(C)C)[nH]4)cc3c3ccoc3c2c1. The minimum absolute atomic E-state index is 0.357. The predicted molar refractivity (Wildman–Crippen MR) is 137 cm³/mol. The fourth-order valence-corrected chi connectivity index (χ4v) is 4.31. The first-order chi connectivity index (χ1) is 16.1. The number of aromatic nitrogens is 2. The summed E-state index contributed by atoms with van der Waals surface area (Å²) in [5, 5.41) is 12.1. The number of nitrogens with zero attached hydrogens (tertiary/aromatic N) is 2. The van der Waals surface area contributed by atoms with Gasteiger partial charge < -0.3 is 20.0 Å². The summed E-state index contributed by atoms with van der Waals surface area (Å²) < 4.78 is 5.99. The minimum Gasteiger partial charge on any atom is -0.464 e. The maximum absolute atomic E-state index is 5.99. The summed E-state index contributed by atoms with van der Waals surface area (Å²) in [6.07, 6.45) is 5.41. The van der Waals surface area contributed by atoms with Crippen molar-refractivity contribution < 1.29 is 4.42 Å². The molecule has 0 radical (unpaired) electrons. The third kappa shape index (κ3) is 3.68. The van der Waals surface area contributed by atoms with Gasteiger partial charge in [0.15, 0.2) is 0 Å². The van der Waals surface area contributed by atoms with Crippen LogP contribution in [0.5, 0.6) is 0 Å². The normalized spacial score (nSPS) is 12.3. The summed E-state index contributed by atoms with van der Waals surface area (Å²) in [5.74, 6) is 1.35. The molecule has 0 bridgehead atoms. The van der Waals surface area contributed by atoms with Gasteiger partial charge in [-0.25, -0.2) is 4.98 Å². The standard InChI is InChI=1S/C27H27N5O/c1-16(2)27-30-14-25(32-27)18-6-7-19-20-8-5-17(24(13-28-3)31-15-29-4)12-23(20)26-21(9-10-33-26)22(19)11-18/h5-14,16,29,31H,3,15H2,1-2,4H3,(H,30,32)/b24-13-. The molecule has 5 rings (SSSR count). The Morgan fingerprint density at radius 3 is 2.67 bits per heavy atom. The molecule has 3 aromatic carbocycles. The van der Waals surface area contributed by atoms with E-state index in [-0.39, 0.29) is 0 Å². The first-order valence-electron chi connectivity index (χ1n) is 11.1. The number of H-pyrrole nitrogens is 1. The van der Waals surface area contributed by atoms with Crippen molar-refractivity contribution in [1.82, 2.24) is 20.6 Å². The highest BCUT2D eigenvalue weighted by molar-refractivity contribution is 6.24. The molecule has 0 aliphatic heterocycles. The van der Waals surface area contributed by atoms with Crippen LogP contribution in [0.2, 0.25) is 0 Å². The van der Waals surface area contributed by atoms with Gasteiger partial charge in [0.1, 0.15) is 11.4 Å². The zero-order chi connectivity index (χ0) is 22.9. The van der Waals surface area contributed by atoms with Crippen molar-refractivity contribution in [2.24, 2.45) is 4.99 Å². The lowest BCUT2D eigenvalue weighted by Gasteiger charge is -2.13. The summed E-state index contributed by atoms with van der Waals surface area (Å²) in [6, 6.07) is 15.0. The van der Waals surface area contributed by atoms with Gasteiger partial charge >= 0.3 is 0 Å². The number of hydrogen-bond acceptors (Lipinski definition) is 5. The molecule has 166 valence electrons. The molecule has 0 aliphatic carbocycles. The van der Waals surface area contributed by atoms with E-state index in [0.717, 1.165) is 55.5 Å². The molecular weight excluding hydrogens is 410 g/mol. The molecule has 5 aromatic rings. The first-order valence-corrected chi connectivity index (χ1v) is 11.1. The fraction of sp³-hybridized carbons (Fsp3) is 0.185. The van der Waals surface area contributed by atoms with Gasteiger partial charge in [-0.3, -0.25) is 4.99 Å². The van der Waals surface area contributed by atoms with Crippen LogP contribution in [0, 0.1) is 0 Å². The van der Waals surface area contributed by atoms with Gasteiger partial charge in [-0.15, -0.1) is 0 Å². The lowest BCUT2D eigenvalue weighted by atomic mass is 9.95. The number of furan rings is 1.